The number of quaternary nitrogens is 1. The lowest BCUT2D eigenvalue weighted by Crippen LogP contribution is -3.16. The molecular weight excluding hydrogens is 316 g/mol. The number of aromatic nitrogens is 2. The van der Waals surface area contributed by atoms with Crippen molar-refractivity contribution in [3.8, 4) is 0 Å². The average molecular weight is 343 g/mol. The molecule has 3 N–H and O–H groups in total. The first kappa shape index (κ1) is 17.6. The number of carbonyl (C=O) groups is 1. The molecule has 1 aromatic heterocycles. The number of nitrogens with zero attached hydrogens (tertiary/aromatic N) is 1. The van der Waals surface area contributed by atoms with Crippen LogP contribution in [-0.2, 0) is 11.2 Å². The second-order valence-corrected chi connectivity index (χ2v) is 7.34. The van der Waals surface area contributed by atoms with Crippen molar-refractivity contribution in [1.29, 1.82) is 0 Å². The molecule has 1 aliphatic carbocycles. The van der Waals surface area contributed by atoms with Crippen molar-refractivity contribution in [2.75, 3.05) is 20.6 Å². The molecule has 1 heterocycles. The van der Waals surface area contributed by atoms with Crippen LogP contribution >= 0.6 is 0 Å². The molecule has 25 heavy (non-hydrogen) atoms. The minimum atomic E-state index is -0.225. The highest BCUT2D eigenvalue weighted by atomic mass is 16.1. The number of aromatic amines is 1. The van der Waals surface area contributed by atoms with Crippen LogP contribution in [-0.4, -0.2) is 42.3 Å². The van der Waals surface area contributed by atoms with Crippen molar-refractivity contribution in [1.82, 2.24) is 15.5 Å². The average Bonchev–Trinajstić information content (AvgIpc) is 2.63. The fourth-order valence-electron chi connectivity index (χ4n) is 3.87. The smallest absolute Gasteiger partial charge is 0.272 e. The Morgan fingerprint density at radius 3 is 2.56 bits per heavy atom. The molecule has 0 saturated heterocycles. The van der Waals surface area contributed by atoms with Gasteiger partial charge in [-0.15, -0.1) is 0 Å². The zero-order chi connectivity index (χ0) is 17.9. The molecule has 2 aromatic rings. The predicted octanol–water partition coefficient (Wildman–Crippen LogP) is 0.429. The van der Waals surface area contributed by atoms with E-state index in [0.29, 0.717) is 17.6 Å². The summed E-state index contributed by atoms with van der Waals surface area (Å²) in [5, 5.41) is 11.0. The fraction of sp³-hybridized carbons (Fsp3) is 0.526. The van der Waals surface area contributed by atoms with E-state index >= 15 is 0 Å². The maximum atomic E-state index is 12.5. The summed E-state index contributed by atoms with van der Waals surface area (Å²) in [4.78, 5) is 25.7. The van der Waals surface area contributed by atoms with E-state index in [1.165, 1.54) is 24.2 Å². The van der Waals surface area contributed by atoms with Crippen LogP contribution in [0, 0.1) is 0 Å². The van der Waals surface area contributed by atoms with Gasteiger partial charge in [0, 0.05) is 18.2 Å². The molecular formula is C19H27N4O2+. The van der Waals surface area contributed by atoms with Crippen LogP contribution in [0.4, 0.5) is 0 Å². The zero-order valence-electron chi connectivity index (χ0n) is 15.0. The van der Waals surface area contributed by atoms with E-state index in [0.717, 1.165) is 18.2 Å². The van der Waals surface area contributed by atoms with Gasteiger partial charge in [-0.05, 0) is 18.9 Å². The summed E-state index contributed by atoms with van der Waals surface area (Å²) in [5.74, 6) is -0.0455. The van der Waals surface area contributed by atoms with Crippen LogP contribution in [0.3, 0.4) is 0 Å². The first-order valence-corrected chi connectivity index (χ1v) is 9.05. The molecule has 0 unspecified atom stereocenters. The van der Waals surface area contributed by atoms with Crippen LogP contribution in [0.1, 0.15) is 37.8 Å². The third-order valence-corrected chi connectivity index (χ3v) is 5.60. The van der Waals surface area contributed by atoms with Gasteiger partial charge >= 0.3 is 0 Å². The minimum absolute atomic E-state index is 0.0455. The first-order chi connectivity index (χ1) is 12.0. The van der Waals surface area contributed by atoms with Gasteiger partial charge in [0.1, 0.15) is 5.54 Å². The molecule has 1 aromatic carbocycles. The Balaban J connectivity index is 1.71. The van der Waals surface area contributed by atoms with Crippen molar-refractivity contribution in [3.63, 3.8) is 0 Å². The molecule has 0 bridgehead atoms. The van der Waals surface area contributed by atoms with E-state index in [9.17, 15) is 9.59 Å². The molecule has 0 atom stereocenters. The normalized spacial score (nSPS) is 16.9. The van der Waals surface area contributed by atoms with E-state index in [-0.39, 0.29) is 23.4 Å². The standard InChI is InChI=1S/C19H26N4O2/c1-23(2)19(10-6-3-7-11-19)13-20-17(24)12-16-14-8-4-5-9-15(14)18(25)22-21-16/h4-5,8-9H,3,6-7,10-13H2,1-2H3,(H,20,24)(H,22,25)/p+1. The molecule has 0 aliphatic heterocycles. The minimum Gasteiger partial charge on any atom is -0.349 e. The van der Waals surface area contributed by atoms with E-state index < -0.39 is 0 Å². The summed E-state index contributed by atoms with van der Waals surface area (Å²) >= 11 is 0. The Morgan fingerprint density at radius 2 is 1.88 bits per heavy atom. The number of hydrogen-bond donors (Lipinski definition) is 3. The quantitative estimate of drug-likeness (QED) is 0.737. The molecule has 6 heteroatoms. The number of carbonyl (C=O) groups excluding carboxylic acids is 1. The van der Waals surface area contributed by atoms with Gasteiger partial charge in [0.05, 0.1) is 38.1 Å². The third kappa shape index (κ3) is 3.74. The van der Waals surface area contributed by atoms with E-state index in [1.54, 1.807) is 6.07 Å². The number of H-pyrrole nitrogens is 1. The number of benzene rings is 1. The summed E-state index contributed by atoms with van der Waals surface area (Å²) in [6.07, 6.45) is 6.22. The zero-order valence-corrected chi connectivity index (χ0v) is 15.0. The molecule has 6 nitrogen and oxygen atoms in total. The van der Waals surface area contributed by atoms with Gasteiger partial charge in [0.15, 0.2) is 0 Å². The molecule has 0 radical (unpaired) electrons. The van der Waals surface area contributed by atoms with Crippen LogP contribution in [0.25, 0.3) is 10.8 Å². The summed E-state index contributed by atoms with van der Waals surface area (Å²) in [6.45, 7) is 0.690. The number of fused-ring (bicyclic) bond motifs is 1. The lowest BCUT2D eigenvalue weighted by atomic mass is 9.80. The molecule has 134 valence electrons. The number of rotatable bonds is 5. The highest BCUT2D eigenvalue weighted by Gasteiger charge is 2.38. The Hall–Kier alpha value is -2.21. The molecule has 1 amide bonds. The topological polar surface area (TPSA) is 79.3 Å². The second kappa shape index (κ2) is 7.35. The van der Waals surface area contributed by atoms with Crippen LogP contribution in [0.15, 0.2) is 29.1 Å². The number of nitrogens with one attached hydrogen (secondary N) is 3. The van der Waals surface area contributed by atoms with Gasteiger partial charge in [-0.25, -0.2) is 5.10 Å². The Bertz CT molecular complexity index is 806. The van der Waals surface area contributed by atoms with Crippen LogP contribution in [0.2, 0.25) is 0 Å². The summed E-state index contributed by atoms with van der Waals surface area (Å²) in [7, 11) is 4.35. The van der Waals surface area contributed by atoms with Crippen molar-refractivity contribution < 1.29 is 9.69 Å². The third-order valence-electron chi connectivity index (χ3n) is 5.60. The van der Waals surface area contributed by atoms with Crippen molar-refractivity contribution in [2.24, 2.45) is 0 Å². The highest BCUT2D eigenvalue weighted by molar-refractivity contribution is 5.88. The van der Waals surface area contributed by atoms with Gasteiger partial charge in [-0.2, -0.15) is 5.10 Å². The maximum absolute atomic E-state index is 12.5. The van der Waals surface area contributed by atoms with E-state index in [2.05, 4.69) is 29.6 Å². The predicted molar refractivity (Wildman–Crippen MR) is 97.7 cm³/mol. The number of likely N-dealkylation sites (N-methyl/N-ethyl adjacent to an activating group) is 1. The summed E-state index contributed by atoms with van der Waals surface area (Å²) in [5.41, 5.74) is 0.522. The monoisotopic (exact) mass is 343 g/mol. The van der Waals surface area contributed by atoms with Crippen LogP contribution < -0.4 is 15.8 Å². The van der Waals surface area contributed by atoms with Gasteiger partial charge in [0.25, 0.3) is 5.56 Å². The molecule has 1 fully saturated rings. The molecule has 0 spiro atoms. The lowest BCUT2D eigenvalue weighted by molar-refractivity contribution is -0.916. The maximum Gasteiger partial charge on any atom is 0.272 e. The Morgan fingerprint density at radius 1 is 1.20 bits per heavy atom. The van der Waals surface area contributed by atoms with Gasteiger partial charge in [0.2, 0.25) is 5.91 Å². The first-order valence-electron chi connectivity index (χ1n) is 9.05. The van der Waals surface area contributed by atoms with E-state index in [1.807, 2.05) is 18.2 Å². The Labute approximate surface area is 147 Å². The molecule has 1 aliphatic rings. The van der Waals surface area contributed by atoms with Gasteiger partial charge < -0.3 is 10.2 Å². The van der Waals surface area contributed by atoms with E-state index in [4.69, 9.17) is 0 Å². The van der Waals surface area contributed by atoms with Crippen LogP contribution in [0.5, 0.6) is 0 Å². The fourth-order valence-corrected chi connectivity index (χ4v) is 3.87. The Kier molecular flexibility index (Phi) is 5.18. The SMILES string of the molecule is C[NH+](C)C1(CNC(=O)Cc2n[nH]c(=O)c3ccccc23)CCCCC1. The molecule has 1 saturated carbocycles. The summed E-state index contributed by atoms with van der Waals surface area (Å²) in [6, 6.07) is 7.27. The van der Waals surface area contributed by atoms with Crippen molar-refractivity contribution >= 4 is 16.7 Å². The number of hydrogen-bond acceptors (Lipinski definition) is 3. The largest absolute Gasteiger partial charge is 0.349 e. The second-order valence-electron chi connectivity index (χ2n) is 7.34. The van der Waals surface area contributed by atoms with Gasteiger partial charge in [-0.3, -0.25) is 9.59 Å². The molecule has 3 rings (SSSR count). The number of amides is 1. The van der Waals surface area contributed by atoms with Crippen molar-refractivity contribution in [3.05, 3.63) is 40.3 Å². The highest BCUT2D eigenvalue weighted by Crippen LogP contribution is 2.25. The lowest BCUT2D eigenvalue weighted by Gasteiger charge is -2.39. The van der Waals surface area contributed by atoms with Gasteiger partial charge in [-0.1, -0.05) is 24.6 Å². The summed E-state index contributed by atoms with van der Waals surface area (Å²) < 4.78 is 0. The van der Waals surface area contributed by atoms with Crippen molar-refractivity contribution in [2.45, 2.75) is 44.1 Å².